The van der Waals surface area contributed by atoms with Gasteiger partial charge < -0.3 is 15.0 Å². The van der Waals surface area contributed by atoms with Crippen LogP contribution in [0.25, 0.3) is 11.2 Å². The largest absolute Gasteiger partial charge is 0.392 e. The maximum absolute atomic E-state index is 13.0. The normalized spacial score (nSPS) is 12.5. The summed E-state index contributed by atoms with van der Waals surface area (Å²) in [6.45, 7) is 1.99. The quantitative estimate of drug-likeness (QED) is 0.689. The number of hydrogen-bond acceptors (Lipinski definition) is 5. The fourth-order valence-electron chi connectivity index (χ4n) is 2.78. The number of rotatable bonds is 5. The second-order valence-corrected chi connectivity index (χ2v) is 6.63. The van der Waals surface area contributed by atoms with Crippen molar-refractivity contribution in [1.29, 1.82) is 0 Å². The van der Waals surface area contributed by atoms with Crippen LogP contribution < -0.4 is 16.6 Å². The third-order valence-corrected chi connectivity index (χ3v) is 4.57. The van der Waals surface area contributed by atoms with Gasteiger partial charge >= 0.3 is 5.69 Å². The molecule has 0 amide bonds. The number of aliphatic hydroxyl groups excluding tert-OH is 1. The van der Waals surface area contributed by atoms with Gasteiger partial charge in [0.2, 0.25) is 5.95 Å². The fourth-order valence-corrected chi connectivity index (χ4v) is 2.97. The molecule has 3 rings (SSSR count). The fraction of sp³-hybridized carbons (Fsp3) is 0.353. The second kappa shape index (κ2) is 6.97. The van der Waals surface area contributed by atoms with Gasteiger partial charge in [0.15, 0.2) is 11.2 Å². The number of hydrogen-bond donors (Lipinski definition) is 2. The van der Waals surface area contributed by atoms with E-state index in [0.29, 0.717) is 22.1 Å². The minimum absolute atomic E-state index is 0.0722. The topological polar surface area (TPSA) is 94.1 Å². The zero-order chi connectivity index (χ0) is 19.0. The van der Waals surface area contributed by atoms with Crippen LogP contribution in [-0.2, 0) is 20.6 Å². The highest BCUT2D eigenvalue weighted by atomic mass is 35.5. The van der Waals surface area contributed by atoms with Crippen molar-refractivity contribution < 1.29 is 5.11 Å². The van der Waals surface area contributed by atoms with E-state index in [9.17, 15) is 14.7 Å². The molecule has 0 aliphatic carbocycles. The van der Waals surface area contributed by atoms with Gasteiger partial charge in [-0.3, -0.25) is 13.9 Å². The van der Waals surface area contributed by atoms with Gasteiger partial charge in [-0.15, -0.1) is 0 Å². The first-order chi connectivity index (χ1) is 12.3. The monoisotopic (exact) mass is 377 g/mol. The summed E-state index contributed by atoms with van der Waals surface area (Å²) in [5.74, 6) is 0.406. The Morgan fingerprint density at radius 1 is 1.23 bits per heavy atom. The molecule has 0 spiro atoms. The predicted molar refractivity (Wildman–Crippen MR) is 101 cm³/mol. The summed E-state index contributed by atoms with van der Waals surface area (Å²) < 4.78 is 4.06. The highest BCUT2D eigenvalue weighted by Gasteiger charge is 2.19. The first kappa shape index (κ1) is 18.2. The molecule has 26 heavy (non-hydrogen) atoms. The van der Waals surface area contributed by atoms with Gasteiger partial charge in [0, 0.05) is 25.7 Å². The number of fused-ring (bicyclic) bond motifs is 1. The number of nitrogens with one attached hydrogen (secondary N) is 1. The number of aromatic nitrogens is 4. The maximum Gasteiger partial charge on any atom is 0.332 e. The molecule has 9 heteroatoms. The van der Waals surface area contributed by atoms with E-state index in [4.69, 9.17) is 11.6 Å². The van der Waals surface area contributed by atoms with Crippen molar-refractivity contribution >= 4 is 28.7 Å². The van der Waals surface area contributed by atoms with Crippen LogP contribution in [0.4, 0.5) is 5.95 Å². The summed E-state index contributed by atoms with van der Waals surface area (Å²) in [5.41, 5.74) is 0.353. The predicted octanol–water partition coefficient (Wildman–Crippen LogP) is 0.928. The average molecular weight is 378 g/mol. The molecule has 2 heterocycles. The van der Waals surface area contributed by atoms with E-state index in [-0.39, 0.29) is 18.7 Å². The van der Waals surface area contributed by atoms with Gasteiger partial charge in [0.05, 0.1) is 12.6 Å². The van der Waals surface area contributed by atoms with Crippen LogP contribution in [-0.4, -0.2) is 36.4 Å². The zero-order valence-electron chi connectivity index (χ0n) is 14.7. The third kappa shape index (κ3) is 3.13. The molecule has 0 saturated heterocycles. The lowest BCUT2D eigenvalue weighted by Crippen LogP contribution is -2.39. The van der Waals surface area contributed by atoms with Gasteiger partial charge in [-0.1, -0.05) is 29.8 Å². The minimum Gasteiger partial charge on any atom is -0.392 e. The molecule has 1 atom stereocenters. The third-order valence-electron chi connectivity index (χ3n) is 4.20. The van der Waals surface area contributed by atoms with Gasteiger partial charge in [-0.05, 0) is 18.6 Å². The van der Waals surface area contributed by atoms with Crippen LogP contribution in [0, 0.1) is 0 Å². The summed E-state index contributed by atoms with van der Waals surface area (Å²) >= 11 is 6.17. The zero-order valence-corrected chi connectivity index (χ0v) is 15.5. The summed E-state index contributed by atoms with van der Waals surface area (Å²) in [4.78, 5) is 30.0. The number of halogens is 1. The Balaban J connectivity index is 2.17. The number of nitrogens with zero attached hydrogens (tertiary/aromatic N) is 4. The van der Waals surface area contributed by atoms with Crippen molar-refractivity contribution in [2.75, 3.05) is 11.9 Å². The Hall–Kier alpha value is -2.58. The SMILES string of the molecule is C[C@H](O)CNc1nc2c(c(=O)n(Cc3ccccc3Cl)c(=O)n2C)n1C. The molecule has 1 aromatic carbocycles. The van der Waals surface area contributed by atoms with Gasteiger partial charge in [-0.2, -0.15) is 4.98 Å². The van der Waals surface area contributed by atoms with Crippen LogP contribution in [0.5, 0.6) is 0 Å². The van der Waals surface area contributed by atoms with Crippen molar-refractivity contribution in [3.8, 4) is 0 Å². The van der Waals surface area contributed by atoms with Crippen LogP contribution in [0.2, 0.25) is 5.02 Å². The van der Waals surface area contributed by atoms with Crippen molar-refractivity contribution in [1.82, 2.24) is 18.7 Å². The minimum atomic E-state index is -0.574. The molecule has 0 bridgehead atoms. The summed E-state index contributed by atoms with van der Waals surface area (Å²) in [6.07, 6.45) is -0.574. The Bertz CT molecular complexity index is 1080. The van der Waals surface area contributed by atoms with E-state index < -0.39 is 17.4 Å². The van der Waals surface area contributed by atoms with Gasteiger partial charge in [0.25, 0.3) is 5.56 Å². The number of imidazole rings is 1. The number of benzene rings is 1. The molecule has 0 unspecified atom stereocenters. The van der Waals surface area contributed by atoms with Crippen molar-refractivity contribution in [2.45, 2.75) is 19.6 Å². The average Bonchev–Trinajstić information content (AvgIpc) is 2.93. The molecule has 2 aromatic heterocycles. The van der Waals surface area contributed by atoms with Gasteiger partial charge in [0.1, 0.15) is 0 Å². The lowest BCUT2D eigenvalue weighted by Gasteiger charge is -2.10. The van der Waals surface area contributed by atoms with E-state index in [2.05, 4.69) is 10.3 Å². The number of anilines is 1. The highest BCUT2D eigenvalue weighted by molar-refractivity contribution is 6.31. The molecule has 0 radical (unpaired) electrons. The standard InChI is InChI=1S/C17H20ClN5O3/c1-10(24)8-19-16-20-14-13(21(16)2)15(25)23(17(26)22(14)3)9-11-6-4-5-7-12(11)18/h4-7,10,24H,8-9H2,1-3H3,(H,19,20)/t10-/m0/s1. The Labute approximate surface area is 154 Å². The van der Waals surface area contributed by atoms with Crippen molar-refractivity contribution in [3.63, 3.8) is 0 Å². The smallest absolute Gasteiger partial charge is 0.332 e. The molecule has 8 nitrogen and oxygen atoms in total. The van der Waals surface area contributed by atoms with Crippen LogP contribution >= 0.6 is 11.6 Å². The molecule has 0 aliphatic rings. The second-order valence-electron chi connectivity index (χ2n) is 6.22. The first-order valence-electron chi connectivity index (χ1n) is 8.12. The maximum atomic E-state index is 13.0. The molecule has 0 aliphatic heterocycles. The molecule has 138 valence electrons. The molecule has 0 saturated carbocycles. The summed E-state index contributed by atoms with van der Waals surface area (Å²) in [5, 5.41) is 12.9. The lowest BCUT2D eigenvalue weighted by atomic mass is 10.2. The number of aliphatic hydroxyl groups is 1. The Kier molecular flexibility index (Phi) is 4.88. The van der Waals surface area contributed by atoms with Crippen LogP contribution in [0.15, 0.2) is 33.9 Å². The lowest BCUT2D eigenvalue weighted by molar-refractivity contribution is 0.208. The highest BCUT2D eigenvalue weighted by Crippen LogP contribution is 2.16. The molecular formula is C17H20ClN5O3. The van der Waals surface area contributed by atoms with E-state index in [0.717, 1.165) is 4.57 Å². The van der Waals surface area contributed by atoms with Crippen LogP contribution in [0.3, 0.4) is 0 Å². The van der Waals surface area contributed by atoms with Crippen molar-refractivity contribution in [2.24, 2.45) is 14.1 Å². The van der Waals surface area contributed by atoms with E-state index in [1.54, 1.807) is 49.9 Å². The van der Waals surface area contributed by atoms with E-state index >= 15 is 0 Å². The summed E-state index contributed by atoms with van der Waals surface area (Å²) in [7, 11) is 3.25. The van der Waals surface area contributed by atoms with E-state index in [1.807, 2.05) is 0 Å². The van der Waals surface area contributed by atoms with Crippen molar-refractivity contribution in [3.05, 3.63) is 55.7 Å². The molecular weight excluding hydrogens is 358 g/mol. The van der Waals surface area contributed by atoms with E-state index in [1.165, 1.54) is 4.57 Å². The van der Waals surface area contributed by atoms with Gasteiger partial charge in [-0.25, -0.2) is 4.79 Å². The van der Waals surface area contributed by atoms with Crippen LogP contribution in [0.1, 0.15) is 12.5 Å². The molecule has 2 N–H and O–H groups in total. The Morgan fingerprint density at radius 2 is 1.92 bits per heavy atom. The molecule has 3 aromatic rings. The first-order valence-corrected chi connectivity index (χ1v) is 8.50. The molecule has 0 fully saturated rings. The summed E-state index contributed by atoms with van der Waals surface area (Å²) in [6, 6.07) is 7.08. The Morgan fingerprint density at radius 3 is 2.58 bits per heavy atom. The number of aryl methyl sites for hydroxylation is 2.